The summed E-state index contributed by atoms with van der Waals surface area (Å²) in [5.74, 6) is 0.0920. The number of Topliss-reactive ketones (excluding diaryl/α,β-unsaturated/α-hetero) is 1. The zero-order valence-electron chi connectivity index (χ0n) is 6.82. The van der Waals surface area contributed by atoms with Crippen LogP contribution in [-0.2, 0) is 4.79 Å². The summed E-state index contributed by atoms with van der Waals surface area (Å²) < 4.78 is 0. The molecule has 2 nitrogen and oxygen atoms in total. The van der Waals surface area contributed by atoms with Gasteiger partial charge >= 0.3 is 0 Å². The first-order valence-corrected chi connectivity index (χ1v) is 4.29. The second-order valence-corrected chi connectivity index (χ2v) is 2.96. The standard InChI is InChI=1S/C7H13NOS/c1-5(9)7(8-3)6(2)10-4/h8H,1-4H3/b7-6+. The fraction of sp³-hybridized carbons (Fsp3) is 0.571. The van der Waals surface area contributed by atoms with E-state index in [0.29, 0.717) is 5.70 Å². The molecule has 10 heavy (non-hydrogen) atoms. The van der Waals surface area contributed by atoms with Crippen molar-refractivity contribution in [2.45, 2.75) is 13.8 Å². The van der Waals surface area contributed by atoms with Gasteiger partial charge in [-0.25, -0.2) is 0 Å². The maximum atomic E-state index is 10.8. The Morgan fingerprint density at radius 1 is 1.40 bits per heavy atom. The van der Waals surface area contributed by atoms with Crippen LogP contribution in [0.1, 0.15) is 13.8 Å². The van der Waals surface area contributed by atoms with Crippen LogP contribution in [0.2, 0.25) is 0 Å². The van der Waals surface area contributed by atoms with Gasteiger partial charge in [0.05, 0.1) is 5.70 Å². The van der Waals surface area contributed by atoms with Gasteiger partial charge in [0.2, 0.25) is 0 Å². The van der Waals surface area contributed by atoms with E-state index >= 15 is 0 Å². The molecule has 0 heterocycles. The molecular weight excluding hydrogens is 146 g/mol. The minimum Gasteiger partial charge on any atom is -0.385 e. The van der Waals surface area contributed by atoms with Crippen molar-refractivity contribution in [1.82, 2.24) is 5.32 Å². The number of nitrogens with one attached hydrogen (secondary N) is 1. The fourth-order valence-electron chi connectivity index (χ4n) is 0.702. The Morgan fingerprint density at radius 3 is 2.00 bits per heavy atom. The van der Waals surface area contributed by atoms with Crippen molar-refractivity contribution in [3.63, 3.8) is 0 Å². The Labute approximate surface area is 66.1 Å². The molecule has 0 amide bonds. The Kier molecular flexibility index (Phi) is 4.19. The molecule has 3 heteroatoms. The van der Waals surface area contributed by atoms with Gasteiger partial charge in [-0.3, -0.25) is 4.79 Å². The van der Waals surface area contributed by atoms with Gasteiger partial charge in [-0.15, -0.1) is 11.8 Å². The van der Waals surface area contributed by atoms with Crippen molar-refractivity contribution >= 4 is 17.5 Å². The summed E-state index contributed by atoms with van der Waals surface area (Å²) in [4.78, 5) is 11.9. The zero-order valence-corrected chi connectivity index (χ0v) is 7.63. The molecule has 0 bridgehead atoms. The van der Waals surface area contributed by atoms with Crippen LogP contribution in [-0.4, -0.2) is 19.1 Å². The average molecular weight is 159 g/mol. The van der Waals surface area contributed by atoms with Crippen molar-refractivity contribution in [1.29, 1.82) is 0 Å². The van der Waals surface area contributed by atoms with Crippen molar-refractivity contribution in [3.8, 4) is 0 Å². The monoisotopic (exact) mass is 159 g/mol. The molecule has 0 radical (unpaired) electrons. The molecule has 0 aromatic carbocycles. The van der Waals surface area contributed by atoms with E-state index in [9.17, 15) is 4.79 Å². The highest BCUT2D eigenvalue weighted by Gasteiger charge is 2.03. The number of rotatable bonds is 3. The predicted octanol–water partition coefficient (Wildman–Crippen LogP) is 1.39. The van der Waals surface area contributed by atoms with E-state index in [0.717, 1.165) is 4.91 Å². The molecule has 1 N–H and O–H groups in total. The predicted molar refractivity (Wildman–Crippen MR) is 46.0 cm³/mol. The van der Waals surface area contributed by atoms with Crippen LogP contribution in [0, 0.1) is 0 Å². The highest BCUT2D eigenvalue weighted by molar-refractivity contribution is 8.02. The molecule has 0 spiro atoms. The first-order chi connectivity index (χ1) is 4.63. The fourth-order valence-corrected chi connectivity index (χ4v) is 1.15. The van der Waals surface area contributed by atoms with Crippen molar-refractivity contribution in [2.75, 3.05) is 13.3 Å². The number of carbonyl (C=O) groups excluding carboxylic acids is 1. The molecule has 0 saturated heterocycles. The minimum atomic E-state index is 0.0920. The Balaban J connectivity index is 4.45. The second-order valence-electron chi connectivity index (χ2n) is 1.94. The van der Waals surface area contributed by atoms with Gasteiger partial charge in [0.1, 0.15) is 0 Å². The van der Waals surface area contributed by atoms with Gasteiger partial charge in [-0.05, 0) is 13.2 Å². The van der Waals surface area contributed by atoms with E-state index in [-0.39, 0.29) is 5.78 Å². The van der Waals surface area contributed by atoms with Crippen LogP contribution in [0.25, 0.3) is 0 Å². The summed E-state index contributed by atoms with van der Waals surface area (Å²) in [7, 11) is 1.76. The summed E-state index contributed by atoms with van der Waals surface area (Å²) >= 11 is 1.58. The molecule has 0 rings (SSSR count). The first-order valence-electron chi connectivity index (χ1n) is 3.07. The van der Waals surface area contributed by atoms with Crippen LogP contribution < -0.4 is 5.32 Å². The Bertz CT molecular complexity index is 163. The number of hydrogen-bond donors (Lipinski definition) is 1. The smallest absolute Gasteiger partial charge is 0.176 e. The molecule has 0 unspecified atom stereocenters. The third kappa shape index (κ3) is 2.43. The van der Waals surface area contributed by atoms with Gasteiger partial charge in [0, 0.05) is 18.9 Å². The van der Waals surface area contributed by atoms with E-state index in [4.69, 9.17) is 0 Å². The van der Waals surface area contributed by atoms with Gasteiger partial charge in [-0.1, -0.05) is 0 Å². The number of allylic oxidation sites excluding steroid dienone is 2. The molecule has 0 aliphatic rings. The molecule has 58 valence electrons. The molecule has 0 atom stereocenters. The van der Waals surface area contributed by atoms with Crippen molar-refractivity contribution < 1.29 is 4.79 Å². The van der Waals surface area contributed by atoms with Crippen LogP contribution in [0.15, 0.2) is 10.6 Å². The summed E-state index contributed by atoms with van der Waals surface area (Å²) in [6.07, 6.45) is 1.95. The topological polar surface area (TPSA) is 29.1 Å². The van der Waals surface area contributed by atoms with E-state index < -0.39 is 0 Å². The lowest BCUT2D eigenvalue weighted by atomic mass is 10.3. The number of carbonyl (C=O) groups is 1. The maximum Gasteiger partial charge on any atom is 0.176 e. The third-order valence-corrected chi connectivity index (χ3v) is 2.08. The highest BCUT2D eigenvalue weighted by Crippen LogP contribution is 2.13. The minimum absolute atomic E-state index is 0.0920. The zero-order chi connectivity index (χ0) is 8.15. The van der Waals surface area contributed by atoms with E-state index in [1.165, 1.54) is 0 Å². The lowest BCUT2D eigenvalue weighted by Crippen LogP contribution is -2.14. The number of likely N-dealkylation sites (N-methyl/N-ethyl adjacent to an activating group) is 1. The van der Waals surface area contributed by atoms with Gasteiger partial charge in [0.25, 0.3) is 0 Å². The summed E-state index contributed by atoms with van der Waals surface area (Å²) in [6, 6.07) is 0. The lowest BCUT2D eigenvalue weighted by Gasteiger charge is -2.04. The molecule has 0 aliphatic heterocycles. The summed E-state index contributed by atoms with van der Waals surface area (Å²) in [5.41, 5.74) is 0.715. The second kappa shape index (κ2) is 4.39. The van der Waals surface area contributed by atoms with Crippen LogP contribution in [0.3, 0.4) is 0 Å². The molecular formula is C7H13NOS. The van der Waals surface area contributed by atoms with E-state index in [1.54, 1.807) is 25.7 Å². The summed E-state index contributed by atoms with van der Waals surface area (Å²) in [5, 5.41) is 2.86. The lowest BCUT2D eigenvalue weighted by molar-refractivity contribution is -0.113. The largest absolute Gasteiger partial charge is 0.385 e. The molecule has 0 aliphatic carbocycles. The SMILES string of the molecule is CN/C(C(C)=O)=C(\C)SC. The Morgan fingerprint density at radius 2 is 1.90 bits per heavy atom. The summed E-state index contributed by atoms with van der Waals surface area (Å²) in [6.45, 7) is 3.49. The molecule has 0 aromatic rings. The van der Waals surface area contributed by atoms with Crippen LogP contribution in [0.4, 0.5) is 0 Å². The van der Waals surface area contributed by atoms with E-state index in [1.807, 2.05) is 13.2 Å². The molecule has 0 saturated carbocycles. The number of ketones is 1. The number of thioether (sulfide) groups is 1. The van der Waals surface area contributed by atoms with Crippen molar-refractivity contribution in [3.05, 3.63) is 10.6 Å². The molecule has 0 aromatic heterocycles. The molecule has 0 fully saturated rings. The van der Waals surface area contributed by atoms with Crippen LogP contribution in [0.5, 0.6) is 0 Å². The van der Waals surface area contributed by atoms with Crippen molar-refractivity contribution in [2.24, 2.45) is 0 Å². The average Bonchev–Trinajstić information content (AvgIpc) is 1.88. The maximum absolute atomic E-state index is 10.8. The third-order valence-electron chi connectivity index (χ3n) is 1.26. The highest BCUT2D eigenvalue weighted by atomic mass is 32.2. The Hall–Kier alpha value is -0.440. The van der Waals surface area contributed by atoms with Gasteiger partial charge in [0.15, 0.2) is 5.78 Å². The first kappa shape index (κ1) is 9.56. The number of hydrogen-bond acceptors (Lipinski definition) is 3. The normalized spacial score (nSPS) is 12.4. The quantitative estimate of drug-likeness (QED) is 0.631. The van der Waals surface area contributed by atoms with Crippen LogP contribution >= 0.6 is 11.8 Å². The van der Waals surface area contributed by atoms with Gasteiger partial charge in [-0.2, -0.15) is 0 Å². The van der Waals surface area contributed by atoms with Gasteiger partial charge < -0.3 is 5.32 Å². The van der Waals surface area contributed by atoms with E-state index in [2.05, 4.69) is 5.32 Å².